The summed E-state index contributed by atoms with van der Waals surface area (Å²) in [5.41, 5.74) is 0.511. The predicted octanol–water partition coefficient (Wildman–Crippen LogP) is 4.98. The van der Waals surface area contributed by atoms with Crippen molar-refractivity contribution in [3.8, 4) is 11.4 Å². The van der Waals surface area contributed by atoms with E-state index in [0.717, 1.165) is 18.7 Å². The van der Waals surface area contributed by atoms with Gasteiger partial charge >= 0.3 is 0 Å². The molecule has 1 fully saturated rings. The Morgan fingerprint density at radius 1 is 1.00 bits per heavy atom. The molecule has 23 heavy (non-hydrogen) atoms. The lowest BCUT2D eigenvalue weighted by Gasteiger charge is -2.06. The molecule has 1 saturated carbocycles. The fourth-order valence-electron chi connectivity index (χ4n) is 2.24. The fourth-order valence-corrected chi connectivity index (χ4v) is 3.41. The molecule has 5 nitrogen and oxygen atoms in total. The molecule has 0 unspecified atom stereocenters. The second kappa shape index (κ2) is 5.67. The normalized spacial score (nSPS) is 14.4. The van der Waals surface area contributed by atoms with Gasteiger partial charge in [-0.15, -0.1) is 5.10 Å². The minimum atomic E-state index is 0.341. The van der Waals surface area contributed by atoms with Gasteiger partial charge in [0.25, 0.3) is 5.78 Å². The van der Waals surface area contributed by atoms with Crippen molar-refractivity contribution >= 4 is 58.0 Å². The maximum atomic E-state index is 6.24. The van der Waals surface area contributed by atoms with Crippen LogP contribution in [0.4, 0.5) is 5.82 Å². The lowest BCUT2D eigenvalue weighted by molar-refractivity contribution is 0.927. The van der Waals surface area contributed by atoms with E-state index >= 15 is 0 Å². The maximum Gasteiger partial charge on any atom is 0.256 e. The van der Waals surface area contributed by atoms with Gasteiger partial charge in [-0.05, 0) is 25.0 Å². The van der Waals surface area contributed by atoms with Crippen LogP contribution in [0.15, 0.2) is 18.2 Å². The summed E-state index contributed by atoms with van der Waals surface area (Å²) in [5, 5.41) is 9.36. The zero-order valence-electron chi connectivity index (χ0n) is 11.5. The first kappa shape index (κ1) is 15.3. The summed E-state index contributed by atoms with van der Waals surface area (Å²) < 4.78 is 1.60. The average Bonchev–Trinajstić information content (AvgIpc) is 3.16. The topological polar surface area (TPSA) is 55.1 Å². The summed E-state index contributed by atoms with van der Waals surface area (Å²) in [6.07, 6.45) is 2.25. The second-order valence-corrected chi connectivity index (χ2v) is 6.91. The van der Waals surface area contributed by atoms with Crippen molar-refractivity contribution in [1.82, 2.24) is 19.6 Å². The number of benzene rings is 1. The van der Waals surface area contributed by atoms with E-state index in [1.54, 1.807) is 22.7 Å². The zero-order chi connectivity index (χ0) is 16.1. The van der Waals surface area contributed by atoms with Crippen LogP contribution in [-0.2, 0) is 0 Å². The van der Waals surface area contributed by atoms with Crippen molar-refractivity contribution in [3.05, 3.63) is 38.4 Å². The summed E-state index contributed by atoms with van der Waals surface area (Å²) in [5.74, 6) is 1.48. The molecule has 2 aromatic heterocycles. The lowest BCUT2D eigenvalue weighted by Crippen LogP contribution is -2.07. The average molecular weight is 389 g/mol. The minimum Gasteiger partial charge on any atom is -0.367 e. The third kappa shape index (κ3) is 2.94. The van der Waals surface area contributed by atoms with Crippen LogP contribution >= 0.6 is 46.4 Å². The van der Waals surface area contributed by atoms with Crippen molar-refractivity contribution in [2.75, 3.05) is 5.32 Å². The first-order valence-electron chi connectivity index (χ1n) is 6.86. The number of fused-ring (bicyclic) bond motifs is 1. The molecule has 4 rings (SSSR count). The molecular weight excluding hydrogens is 380 g/mol. The first-order valence-corrected chi connectivity index (χ1v) is 8.37. The van der Waals surface area contributed by atoms with Crippen LogP contribution in [0.25, 0.3) is 17.2 Å². The summed E-state index contributed by atoms with van der Waals surface area (Å²) in [6, 6.07) is 5.35. The quantitative estimate of drug-likeness (QED) is 0.643. The van der Waals surface area contributed by atoms with Crippen molar-refractivity contribution in [2.24, 2.45) is 0 Å². The van der Waals surface area contributed by atoms with E-state index in [1.807, 2.05) is 0 Å². The third-order valence-electron chi connectivity index (χ3n) is 3.44. The van der Waals surface area contributed by atoms with Gasteiger partial charge in [0.1, 0.15) is 11.0 Å². The SMILES string of the molecule is Clc1cc(Cl)c(-c2nc3nc(Cl)cc(NC4CC4)n3n2)c(Cl)c1. The van der Waals surface area contributed by atoms with E-state index in [4.69, 9.17) is 46.4 Å². The predicted molar refractivity (Wildman–Crippen MR) is 92.9 cm³/mol. The Balaban J connectivity index is 1.89. The van der Waals surface area contributed by atoms with Crippen LogP contribution in [0.2, 0.25) is 20.2 Å². The number of halogens is 4. The number of aromatic nitrogens is 4. The van der Waals surface area contributed by atoms with Crippen molar-refractivity contribution in [1.29, 1.82) is 0 Å². The summed E-state index contributed by atoms with van der Waals surface area (Å²) in [7, 11) is 0. The second-order valence-electron chi connectivity index (χ2n) is 5.27. The smallest absolute Gasteiger partial charge is 0.256 e. The molecule has 3 aromatic rings. The van der Waals surface area contributed by atoms with E-state index < -0.39 is 0 Å². The lowest BCUT2D eigenvalue weighted by atomic mass is 10.2. The highest BCUT2D eigenvalue weighted by molar-refractivity contribution is 6.41. The van der Waals surface area contributed by atoms with Gasteiger partial charge in [0, 0.05) is 17.1 Å². The Morgan fingerprint density at radius 3 is 2.35 bits per heavy atom. The van der Waals surface area contributed by atoms with Gasteiger partial charge in [0.15, 0.2) is 5.82 Å². The van der Waals surface area contributed by atoms with E-state index in [2.05, 4.69) is 20.4 Å². The Kier molecular flexibility index (Phi) is 3.76. The molecule has 0 saturated heterocycles. The summed E-state index contributed by atoms with van der Waals surface area (Å²) >= 11 is 24.5. The highest BCUT2D eigenvalue weighted by Gasteiger charge is 2.23. The Morgan fingerprint density at radius 2 is 1.70 bits per heavy atom. The highest BCUT2D eigenvalue weighted by atomic mass is 35.5. The van der Waals surface area contributed by atoms with Gasteiger partial charge in [0.2, 0.25) is 0 Å². The number of nitrogens with one attached hydrogen (secondary N) is 1. The molecule has 9 heteroatoms. The molecule has 0 radical (unpaired) electrons. The zero-order valence-corrected chi connectivity index (χ0v) is 14.5. The number of hydrogen-bond donors (Lipinski definition) is 1. The molecule has 1 aliphatic rings. The van der Waals surface area contributed by atoms with Gasteiger partial charge in [-0.1, -0.05) is 46.4 Å². The Labute approximate surface area is 151 Å². The molecule has 0 amide bonds. The third-order valence-corrected chi connectivity index (χ3v) is 4.45. The largest absolute Gasteiger partial charge is 0.367 e. The van der Waals surface area contributed by atoms with Gasteiger partial charge in [-0.3, -0.25) is 0 Å². The first-order chi connectivity index (χ1) is 11.0. The van der Waals surface area contributed by atoms with Crippen LogP contribution in [0, 0.1) is 0 Å². The highest BCUT2D eigenvalue weighted by Crippen LogP contribution is 2.36. The van der Waals surface area contributed by atoms with Crippen LogP contribution < -0.4 is 5.32 Å². The molecule has 1 N–H and O–H groups in total. The van der Waals surface area contributed by atoms with E-state index in [9.17, 15) is 0 Å². The van der Waals surface area contributed by atoms with Crippen molar-refractivity contribution in [3.63, 3.8) is 0 Å². The van der Waals surface area contributed by atoms with Crippen LogP contribution in [0.3, 0.4) is 0 Å². The molecule has 0 spiro atoms. The molecule has 118 valence electrons. The maximum absolute atomic E-state index is 6.24. The summed E-state index contributed by atoms with van der Waals surface area (Å²) in [6.45, 7) is 0. The molecule has 0 atom stereocenters. The van der Waals surface area contributed by atoms with Gasteiger partial charge < -0.3 is 5.32 Å². The Bertz CT molecular complexity index is 896. The van der Waals surface area contributed by atoms with Crippen molar-refractivity contribution < 1.29 is 0 Å². The van der Waals surface area contributed by atoms with Crippen molar-refractivity contribution in [2.45, 2.75) is 18.9 Å². The van der Waals surface area contributed by atoms with E-state index in [1.165, 1.54) is 0 Å². The minimum absolute atomic E-state index is 0.341. The van der Waals surface area contributed by atoms with Crippen LogP contribution in [-0.4, -0.2) is 25.6 Å². The van der Waals surface area contributed by atoms with Gasteiger partial charge in [-0.25, -0.2) is 0 Å². The van der Waals surface area contributed by atoms with Crippen LogP contribution in [0.1, 0.15) is 12.8 Å². The van der Waals surface area contributed by atoms with E-state index in [-0.39, 0.29) is 0 Å². The molecular formula is C14H9Cl4N5. The number of anilines is 1. The molecule has 1 aliphatic carbocycles. The summed E-state index contributed by atoms with van der Waals surface area (Å²) in [4.78, 5) is 8.58. The Hall–Kier alpha value is -1.27. The van der Waals surface area contributed by atoms with Crippen LogP contribution in [0.5, 0.6) is 0 Å². The number of nitrogens with zero attached hydrogens (tertiary/aromatic N) is 4. The monoisotopic (exact) mass is 387 g/mol. The molecule has 2 heterocycles. The molecule has 0 aliphatic heterocycles. The molecule has 1 aromatic carbocycles. The van der Waals surface area contributed by atoms with Gasteiger partial charge in [0.05, 0.1) is 15.6 Å². The number of hydrogen-bond acceptors (Lipinski definition) is 4. The van der Waals surface area contributed by atoms with Gasteiger partial charge in [-0.2, -0.15) is 14.5 Å². The fraction of sp³-hybridized carbons (Fsp3) is 0.214. The van der Waals surface area contributed by atoms with E-state index in [0.29, 0.717) is 43.4 Å². The molecule has 0 bridgehead atoms. The standard InChI is InChI=1S/C14H9Cl4N5/c15-6-3-8(16)12(9(17)4-6)13-21-14-20-10(18)5-11(23(14)22-13)19-7-1-2-7/h3-5,7,19H,1-2H2. The number of rotatable bonds is 3.